The number of nitrogens with one attached hydrogen (secondary N) is 1. The molecule has 2 aromatic rings. The molecule has 4 rings (SSSR count). The number of piperazine rings is 1. The van der Waals surface area contributed by atoms with Crippen molar-refractivity contribution in [3.8, 4) is 0 Å². The molecule has 6 nitrogen and oxygen atoms in total. The molecule has 1 saturated heterocycles. The fourth-order valence-corrected chi connectivity index (χ4v) is 3.99. The van der Waals surface area contributed by atoms with Crippen molar-refractivity contribution < 1.29 is 4.79 Å². The minimum absolute atomic E-state index is 0. The second-order valence-electron chi connectivity index (χ2n) is 7.57. The van der Waals surface area contributed by atoms with E-state index in [2.05, 4.69) is 33.2 Å². The van der Waals surface area contributed by atoms with E-state index in [4.69, 9.17) is 5.73 Å². The predicted molar refractivity (Wildman–Crippen MR) is 122 cm³/mol. The van der Waals surface area contributed by atoms with Crippen LogP contribution in [-0.4, -0.2) is 49.0 Å². The number of benzene rings is 1. The van der Waals surface area contributed by atoms with Crippen LogP contribution < -0.4 is 16.0 Å². The maximum atomic E-state index is 12.9. The number of carbonyl (C=O) groups excluding carboxylic acids is 1. The Hall–Kier alpha value is -2.02. The second kappa shape index (κ2) is 10.1. The lowest BCUT2D eigenvalue weighted by Crippen LogP contribution is -2.44. The fourth-order valence-electron chi connectivity index (χ4n) is 3.99. The number of carbonyl (C=O) groups is 1. The lowest BCUT2D eigenvalue weighted by molar-refractivity contribution is 0.0932. The summed E-state index contributed by atoms with van der Waals surface area (Å²) in [6, 6.07) is 9.75. The zero-order chi connectivity index (χ0) is 18.8. The molecular formula is C21H29Cl2N5O. The Morgan fingerprint density at radius 3 is 2.66 bits per heavy atom. The maximum Gasteiger partial charge on any atom is 0.251 e. The lowest BCUT2D eigenvalue weighted by Gasteiger charge is -2.33. The summed E-state index contributed by atoms with van der Waals surface area (Å²) in [5.74, 6) is 0.843. The van der Waals surface area contributed by atoms with Crippen LogP contribution in [0.1, 0.15) is 40.4 Å². The van der Waals surface area contributed by atoms with E-state index in [9.17, 15) is 4.79 Å². The summed E-state index contributed by atoms with van der Waals surface area (Å²) < 4.78 is 0. The van der Waals surface area contributed by atoms with Crippen LogP contribution in [0.15, 0.2) is 36.5 Å². The number of amides is 1. The SMILES string of the molecule is CN1CCN(c2cc(C(=O)NC3CCCc4cc(N)ccc43)ccn2)CC1.Cl.Cl. The highest BCUT2D eigenvalue weighted by molar-refractivity contribution is 5.95. The first-order valence-electron chi connectivity index (χ1n) is 9.69. The van der Waals surface area contributed by atoms with E-state index in [1.807, 2.05) is 18.2 Å². The number of aromatic nitrogens is 1. The normalized spacial score (nSPS) is 18.8. The van der Waals surface area contributed by atoms with E-state index in [0.717, 1.165) is 56.9 Å². The average molecular weight is 438 g/mol. The van der Waals surface area contributed by atoms with Gasteiger partial charge in [0.05, 0.1) is 6.04 Å². The largest absolute Gasteiger partial charge is 0.399 e. The summed E-state index contributed by atoms with van der Waals surface area (Å²) in [6.07, 6.45) is 4.77. The zero-order valence-corrected chi connectivity index (χ0v) is 18.3. The Labute approximate surface area is 184 Å². The van der Waals surface area contributed by atoms with Gasteiger partial charge in [-0.1, -0.05) is 6.07 Å². The highest BCUT2D eigenvalue weighted by atomic mass is 35.5. The van der Waals surface area contributed by atoms with E-state index < -0.39 is 0 Å². The van der Waals surface area contributed by atoms with E-state index in [-0.39, 0.29) is 36.8 Å². The molecule has 8 heteroatoms. The van der Waals surface area contributed by atoms with Crippen molar-refractivity contribution in [2.24, 2.45) is 0 Å². The molecule has 1 amide bonds. The quantitative estimate of drug-likeness (QED) is 0.721. The molecule has 0 radical (unpaired) electrons. The highest BCUT2D eigenvalue weighted by Gasteiger charge is 2.23. The third-order valence-corrected chi connectivity index (χ3v) is 5.62. The number of rotatable bonds is 3. The highest BCUT2D eigenvalue weighted by Crippen LogP contribution is 2.31. The van der Waals surface area contributed by atoms with E-state index in [0.29, 0.717) is 5.56 Å². The number of fused-ring (bicyclic) bond motifs is 1. The Bertz CT molecular complexity index is 840. The van der Waals surface area contributed by atoms with Crippen molar-refractivity contribution in [3.05, 3.63) is 53.2 Å². The monoisotopic (exact) mass is 437 g/mol. The molecule has 1 atom stereocenters. The molecule has 1 aliphatic carbocycles. The Morgan fingerprint density at radius 2 is 1.90 bits per heavy atom. The number of likely N-dealkylation sites (N-methyl/N-ethyl adjacent to an activating group) is 1. The van der Waals surface area contributed by atoms with Gasteiger partial charge in [0.25, 0.3) is 5.91 Å². The molecule has 3 N–H and O–H groups in total. The number of anilines is 2. The summed E-state index contributed by atoms with van der Waals surface area (Å²) in [7, 11) is 2.13. The average Bonchev–Trinajstić information content (AvgIpc) is 2.68. The van der Waals surface area contributed by atoms with Crippen LogP contribution in [0.25, 0.3) is 0 Å². The molecule has 1 unspecified atom stereocenters. The summed E-state index contributed by atoms with van der Waals surface area (Å²) in [4.78, 5) is 21.9. The first-order valence-corrected chi connectivity index (χ1v) is 9.69. The molecule has 2 heterocycles. The Morgan fingerprint density at radius 1 is 1.14 bits per heavy atom. The molecule has 2 aliphatic rings. The number of aryl methyl sites for hydroxylation is 1. The Balaban J connectivity index is 0.00000150. The summed E-state index contributed by atoms with van der Waals surface area (Å²) in [6.45, 7) is 3.90. The minimum atomic E-state index is -0.0394. The first kappa shape index (κ1) is 23.3. The van der Waals surface area contributed by atoms with Gasteiger partial charge in [-0.2, -0.15) is 0 Å². The fraction of sp³-hybridized carbons (Fsp3) is 0.429. The molecule has 1 aromatic heterocycles. The molecule has 0 saturated carbocycles. The Kier molecular flexibility index (Phi) is 8.14. The molecule has 1 fully saturated rings. The van der Waals surface area contributed by atoms with Gasteiger partial charge in [-0.3, -0.25) is 4.79 Å². The van der Waals surface area contributed by atoms with Gasteiger partial charge in [0.1, 0.15) is 5.82 Å². The van der Waals surface area contributed by atoms with Gasteiger partial charge in [0.15, 0.2) is 0 Å². The smallest absolute Gasteiger partial charge is 0.251 e. The molecule has 158 valence electrons. The molecular weight excluding hydrogens is 409 g/mol. The van der Waals surface area contributed by atoms with Crippen molar-refractivity contribution in [2.45, 2.75) is 25.3 Å². The van der Waals surface area contributed by atoms with Crippen LogP contribution in [0.5, 0.6) is 0 Å². The number of nitrogen functional groups attached to an aromatic ring is 1. The summed E-state index contributed by atoms with van der Waals surface area (Å²) in [5, 5.41) is 3.21. The van der Waals surface area contributed by atoms with Gasteiger partial charge in [-0.15, -0.1) is 24.8 Å². The molecule has 29 heavy (non-hydrogen) atoms. The zero-order valence-electron chi connectivity index (χ0n) is 16.6. The van der Waals surface area contributed by atoms with E-state index in [1.165, 1.54) is 11.1 Å². The number of pyridine rings is 1. The number of hydrogen-bond donors (Lipinski definition) is 2. The number of nitrogens with two attached hydrogens (primary N) is 1. The van der Waals surface area contributed by atoms with Gasteiger partial charge < -0.3 is 20.9 Å². The van der Waals surface area contributed by atoms with Crippen LogP contribution in [0.4, 0.5) is 11.5 Å². The van der Waals surface area contributed by atoms with Crippen molar-refractivity contribution in [1.82, 2.24) is 15.2 Å². The van der Waals surface area contributed by atoms with Gasteiger partial charge in [0.2, 0.25) is 0 Å². The lowest BCUT2D eigenvalue weighted by atomic mass is 9.87. The van der Waals surface area contributed by atoms with Crippen LogP contribution in [0.2, 0.25) is 0 Å². The third-order valence-electron chi connectivity index (χ3n) is 5.62. The summed E-state index contributed by atoms with van der Waals surface area (Å²) >= 11 is 0. The number of hydrogen-bond acceptors (Lipinski definition) is 5. The standard InChI is InChI=1S/C21H27N5O.2ClH/c1-25-9-11-26(12-10-25)20-14-16(7-8-23-20)21(27)24-19-4-2-3-15-13-17(22)5-6-18(15)19;;/h5-8,13-14,19H,2-4,9-12,22H2,1H3,(H,24,27);2*1H. The van der Waals surface area contributed by atoms with Crippen LogP contribution >= 0.6 is 24.8 Å². The second-order valence-corrected chi connectivity index (χ2v) is 7.57. The minimum Gasteiger partial charge on any atom is -0.399 e. The third kappa shape index (κ3) is 5.32. The van der Waals surface area contributed by atoms with Crippen LogP contribution in [-0.2, 0) is 6.42 Å². The van der Waals surface area contributed by atoms with Gasteiger partial charge in [-0.05, 0) is 61.7 Å². The van der Waals surface area contributed by atoms with E-state index in [1.54, 1.807) is 12.3 Å². The van der Waals surface area contributed by atoms with Gasteiger partial charge in [0, 0.05) is 43.6 Å². The molecule has 1 aromatic carbocycles. The van der Waals surface area contributed by atoms with Crippen molar-refractivity contribution >= 4 is 42.2 Å². The van der Waals surface area contributed by atoms with Crippen LogP contribution in [0, 0.1) is 0 Å². The topological polar surface area (TPSA) is 74.5 Å². The van der Waals surface area contributed by atoms with Gasteiger partial charge >= 0.3 is 0 Å². The van der Waals surface area contributed by atoms with Gasteiger partial charge in [-0.25, -0.2) is 4.98 Å². The van der Waals surface area contributed by atoms with Crippen molar-refractivity contribution in [2.75, 3.05) is 43.9 Å². The summed E-state index contributed by atoms with van der Waals surface area (Å²) in [5.41, 5.74) is 9.81. The molecule has 1 aliphatic heterocycles. The maximum absolute atomic E-state index is 12.9. The molecule has 0 bridgehead atoms. The molecule has 0 spiro atoms. The van der Waals surface area contributed by atoms with E-state index >= 15 is 0 Å². The number of halogens is 2. The van der Waals surface area contributed by atoms with Crippen molar-refractivity contribution in [3.63, 3.8) is 0 Å². The number of nitrogens with zero attached hydrogens (tertiary/aromatic N) is 3. The van der Waals surface area contributed by atoms with Crippen LogP contribution in [0.3, 0.4) is 0 Å². The van der Waals surface area contributed by atoms with Crippen molar-refractivity contribution in [1.29, 1.82) is 0 Å². The first-order chi connectivity index (χ1) is 13.1. The predicted octanol–water partition coefficient (Wildman–Crippen LogP) is 3.07.